The summed E-state index contributed by atoms with van der Waals surface area (Å²) < 4.78 is 0. The second-order valence-corrected chi connectivity index (χ2v) is 4.21. The zero-order valence-electron chi connectivity index (χ0n) is 8.62. The van der Waals surface area contributed by atoms with Crippen LogP contribution in [0.15, 0.2) is 12.3 Å². The maximum absolute atomic E-state index is 5.56. The molecule has 14 heavy (non-hydrogen) atoms. The van der Waals surface area contributed by atoms with Crippen molar-refractivity contribution in [1.82, 2.24) is 9.97 Å². The highest BCUT2D eigenvalue weighted by Crippen LogP contribution is 2.49. The molecule has 4 nitrogen and oxygen atoms in total. The molecule has 2 unspecified atom stereocenters. The minimum absolute atomic E-state index is 0.425. The van der Waals surface area contributed by atoms with Gasteiger partial charge in [-0.05, 0) is 24.3 Å². The van der Waals surface area contributed by atoms with Crippen LogP contribution in [0.25, 0.3) is 0 Å². The standard InChI is InChI=1S/C10H16N4/c1-3-10(2)6-7(10)13-9-12-5-4-8(11)14-9/h4-5,7H,3,6H2,1-2H3,(H3,11,12,13,14). The van der Waals surface area contributed by atoms with Crippen molar-refractivity contribution in [2.75, 3.05) is 11.1 Å². The summed E-state index contributed by atoms with van der Waals surface area (Å²) in [6.45, 7) is 4.48. The summed E-state index contributed by atoms with van der Waals surface area (Å²) in [6.07, 6.45) is 4.06. The topological polar surface area (TPSA) is 63.8 Å². The molecule has 0 aromatic carbocycles. The fourth-order valence-electron chi connectivity index (χ4n) is 1.62. The molecule has 0 amide bonds. The molecule has 1 aromatic rings. The zero-order chi connectivity index (χ0) is 10.2. The summed E-state index contributed by atoms with van der Waals surface area (Å²) in [6, 6.07) is 2.20. The van der Waals surface area contributed by atoms with Crippen LogP contribution in [0.5, 0.6) is 0 Å². The van der Waals surface area contributed by atoms with E-state index in [-0.39, 0.29) is 0 Å². The number of aromatic nitrogens is 2. The van der Waals surface area contributed by atoms with Crippen LogP contribution >= 0.6 is 0 Å². The maximum Gasteiger partial charge on any atom is 0.224 e. The molecule has 0 spiro atoms. The van der Waals surface area contributed by atoms with Crippen molar-refractivity contribution in [1.29, 1.82) is 0 Å². The third-order valence-corrected chi connectivity index (χ3v) is 3.14. The van der Waals surface area contributed by atoms with Crippen molar-refractivity contribution in [2.24, 2.45) is 5.41 Å². The Morgan fingerprint density at radius 1 is 1.71 bits per heavy atom. The molecule has 1 aliphatic rings. The van der Waals surface area contributed by atoms with Crippen molar-refractivity contribution < 1.29 is 0 Å². The number of hydrogen-bond acceptors (Lipinski definition) is 4. The van der Waals surface area contributed by atoms with Gasteiger partial charge >= 0.3 is 0 Å². The molecule has 1 heterocycles. The van der Waals surface area contributed by atoms with E-state index in [1.54, 1.807) is 12.3 Å². The molecule has 2 atom stereocenters. The van der Waals surface area contributed by atoms with Gasteiger partial charge in [0.15, 0.2) is 0 Å². The van der Waals surface area contributed by atoms with Crippen molar-refractivity contribution in [2.45, 2.75) is 32.7 Å². The lowest BCUT2D eigenvalue weighted by molar-refractivity contribution is 0.534. The van der Waals surface area contributed by atoms with E-state index >= 15 is 0 Å². The van der Waals surface area contributed by atoms with Crippen LogP contribution in [0, 0.1) is 5.41 Å². The number of nitrogens with one attached hydrogen (secondary N) is 1. The Kier molecular flexibility index (Phi) is 2.06. The third-order valence-electron chi connectivity index (χ3n) is 3.14. The van der Waals surface area contributed by atoms with Crippen LogP contribution in [-0.4, -0.2) is 16.0 Å². The van der Waals surface area contributed by atoms with E-state index in [2.05, 4.69) is 29.1 Å². The molecule has 1 fully saturated rings. The Morgan fingerprint density at radius 2 is 2.50 bits per heavy atom. The summed E-state index contributed by atoms with van der Waals surface area (Å²) in [5.41, 5.74) is 5.99. The van der Waals surface area contributed by atoms with Gasteiger partial charge in [-0.2, -0.15) is 4.98 Å². The highest BCUT2D eigenvalue weighted by atomic mass is 15.2. The summed E-state index contributed by atoms with van der Waals surface area (Å²) in [4.78, 5) is 8.23. The van der Waals surface area contributed by atoms with Gasteiger partial charge in [0.1, 0.15) is 5.82 Å². The zero-order valence-corrected chi connectivity index (χ0v) is 8.62. The summed E-state index contributed by atoms with van der Waals surface area (Å²) >= 11 is 0. The first-order valence-corrected chi connectivity index (χ1v) is 4.99. The van der Waals surface area contributed by atoms with Crippen LogP contribution < -0.4 is 11.1 Å². The molecule has 0 bridgehead atoms. The predicted molar refractivity (Wildman–Crippen MR) is 56.9 cm³/mol. The quantitative estimate of drug-likeness (QED) is 0.764. The molecular weight excluding hydrogens is 176 g/mol. The van der Waals surface area contributed by atoms with Crippen LogP contribution in [0.4, 0.5) is 11.8 Å². The first kappa shape index (κ1) is 9.24. The van der Waals surface area contributed by atoms with E-state index in [4.69, 9.17) is 5.73 Å². The van der Waals surface area contributed by atoms with Gasteiger partial charge in [0, 0.05) is 12.2 Å². The fourth-order valence-corrected chi connectivity index (χ4v) is 1.62. The molecule has 2 rings (SSSR count). The van der Waals surface area contributed by atoms with E-state index in [0.29, 0.717) is 23.2 Å². The van der Waals surface area contributed by atoms with Gasteiger partial charge in [-0.25, -0.2) is 4.98 Å². The molecular formula is C10H16N4. The Morgan fingerprint density at radius 3 is 3.07 bits per heavy atom. The molecule has 3 N–H and O–H groups in total. The summed E-state index contributed by atoms with van der Waals surface area (Å²) in [5.74, 6) is 1.16. The highest BCUT2D eigenvalue weighted by molar-refractivity contribution is 5.38. The maximum atomic E-state index is 5.56. The Balaban J connectivity index is 2.00. The largest absolute Gasteiger partial charge is 0.384 e. The first-order valence-electron chi connectivity index (χ1n) is 4.99. The van der Waals surface area contributed by atoms with Gasteiger partial charge in [-0.15, -0.1) is 0 Å². The van der Waals surface area contributed by atoms with E-state index < -0.39 is 0 Å². The third kappa shape index (κ3) is 1.64. The second kappa shape index (κ2) is 3.12. The van der Waals surface area contributed by atoms with E-state index in [0.717, 1.165) is 0 Å². The van der Waals surface area contributed by atoms with Crippen molar-refractivity contribution in [3.63, 3.8) is 0 Å². The van der Waals surface area contributed by atoms with E-state index in [1.165, 1.54) is 12.8 Å². The average Bonchev–Trinajstić information content (AvgIpc) is 2.78. The average molecular weight is 192 g/mol. The van der Waals surface area contributed by atoms with Crippen molar-refractivity contribution in [3.8, 4) is 0 Å². The van der Waals surface area contributed by atoms with Gasteiger partial charge < -0.3 is 11.1 Å². The number of nitrogens with two attached hydrogens (primary N) is 1. The van der Waals surface area contributed by atoms with Crippen LogP contribution in [-0.2, 0) is 0 Å². The van der Waals surface area contributed by atoms with E-state index in [9.17, 15) is 0 Å². The Hall–Kier alpha value is -1.32. The Bertz CT molecular complexity index is 339. The summed E-state index contributed by atoms with van der Waals surface area (Å²) in [7, 11) is 0. The predicted octanol–water partition coefficient (Wildman–Crippen LogP) is 1.66. The molecule has 0 saturated heterocycles. The van der Waals surface area contributed by atoms with Crippen molar-refractivity contribution >= 4 is 11.8 Å². The molecule has 1 saturated carbocycles. The van der Waals surface area contributed by atoms with Crippen LogP contribution in [0.1, 0.15) is 26.7 Å². The monoisotopic (exact) mass is 192 g/mol. The van der Waals surface area contributed by atoms with E-state index in [1.807, 2.05) is 0 Å². The van der Waals surface area contributed by atoms with Crippen molar-refractivity contribution in [3.05, 3.63) is 12.3 Å². The molecule has 0 radical (unpaired) electrons. The smallest absolute Gasteiger partial charge is 0.224 e. The molecule has 4 heteroatoms. The van der Waals surface area contributed by atoms with Crippen LogP contribution in [0.3, 0.4) is 0 Å². The fraction of sp³-hybridized carbons (Fsp3) is 0.600. The number of rotatable bonds is 3. The van der Waals surface area contributed by atoms with Gasteiger partial charge in [0.25, 0.3) is 0 Å². The molecule has 0 aliphatic heterocycles. The Labute approximate surface area is 83.9 Å². The summed E-state index contributed by atoms with van der Waals surface area (Å²) in [5, 5.41) is 3.30. The SMILES string of the molecule is CCC1(C)CC1Nc1nccc(N)n1. The number of hydrogen-bond donors (Lipinski definition) is 2. The van der Waals surface area contributed by atoms with Crippen LogP contribution in [0.2, 0.25) is 0 Å². The van der Waals surface area contributed by atoms with Gasteiger partial charge in [0.05, 0.1) is 0 Å². The normalized spacial score (nSPS) is 30.0. The number of nitrogen functional groups attached to an aromatic ring is 1. The molecule has 1 aliphatic carbocycles. The van der Waals surface area contributed by atoms with Gasteiger partial charge in [0.2, 0.25) is 5.95 Å². The van der Waals surface area contributed by atoms with Gasteiger partial charge in [-0.1, -0.05) is 13.8 Å². The lowest BCUT2D eigenvalue weighted by atomic mass is 10.1. The lowest BCUT2D eigenvalue weighted by Gasteiger charge is -2.08. The first-order chi connectivity index (χ1) is 6.64. The van der Waals surface area contributed by atoms with Gasteiger partial charge in [-0.3, -0.25) is 0 Å². The lowest BCUT2D eigenvalue weighted by Crippen LogP contribution is -2.12. The second-order valence-electron chi connectivity index (χ2n) is 4.21. The number of nitrogens with zero attached hydrogens (tertiary/aromatic N) is 2. The molecule has 1 aromatic heterocycles. The highest BCUT2D eigenvalue weighted by Gasteiger charge is 2.48. The minimum Gasteiger partial charge on any atom is -0.384 e. The number of anilines is 2. The molecule has 76 valence electrons. The minimum atomic E-state index is 0.425.